The Morgan fingerprint density at radius 1 is 1.23 bits per heavy atom. The molecule has 3 amide bonds. The Balaban J connectivity index is 1.79. The first kappa shape index (κ1) is 30.7. The van der Waals surface area contributed by atoms with Gasteiger partial charge in [-0.1, -0.05) is 5.16 Å². The minimum Gasteiger partial charge on any atom is -0.445 e. The van der Waals surface area contributed by atoms with Crippen molar-refractivity contribution < 1.29 is 43.0 Å². The molecule has 0 saturated carbocycles. The van der Waals surface area contributed by atoms with Gasteiger partial charge in [-0.3, -0.25) is 19.3 Å². The molecule has 1 aromatic rings. The normalized spacial score (nSPS) is 18.8. The van der Waals surface area contributed by atoms with Crippen LogP contribution in [-0.4, -0.2) is 102 Å². The number of ether oxygens (including phenoxy) is 3. The van der Waals surface area contributed by atoms with Crippen molar-refractivity contribution in [3.63, 3.8) is 0 Å². The lowest BCUT2D eigenvalue weighted by Crippen LogP contribution is -2.71. The minimum absolute atomic E-state index is 0.157. The maximum Gasteiger partial charge on any atom is 0.409 e. The van der Waals surface area contributed by atoms with Crippen molar-refractivity contribution in [2.45, 2.75) is 32.2 Å². The summed E-state index contributed by atoms with van der Waals surface area (Å²) in [4.78, 5) is 74.5. The van der Waals surface area contributed by atoms with E-state index in [4.69, 9.17) is 24.8 Å². The summed E-state index contributed by atoms with van der Waals surface area (Å²) in [5.41, 5.74) is 4.97. The number of thiazole rings is 1. The molecule has 0 aromatic carbocycles. The fraction of sp³-hybridized carbons (Fsp3) is 0.522. The number of rotatable bonds is 9. The topological polar surface area (TPSA) is 192 Å². The van der Waals surface area contributed by atoms with E-state index in [-0.39, 0.29) is 34.6 Å². The first-order valence-electron chi connectivity index (χ1n) is 11.7. The van der Waals surface area contributed by atoms with Crippen molar-refractivity contribution in [3.8, 4) is 0 Å². The monoisotopic (exact) mass is 598 g/mol. The number of β-lactam (4-membered cyclic amide) rings is 1. The number of carbonyl (C=O) groups excluding carboxylic acids is 5. The third-order valence-electron chi connectivity index (χ3n) is 5.42. The highest BCUT2D eigenvalue weighted by molar-refractivity contribution is 8.00. The molecule has 15 nitrogen and oxygen atoms in total. The van der Waals surface area contributed by atoms with Gasteiger partial charge in [-0.15, -0.1) is 23.1 Å². The van der Waals surface area contributed by atoms with Crippen LogP contribution in [0.2, 0.25) is 0 Å². The quantitative estimate of drug-likeness (QED) is 0.132. The van der Waals surface area contributed by atoms with Gasteiger partial charge in [-0.25, -0.2) is 14.6 Å². The summed E-state index contributed by atoms with van der Waals surface area (Å²) < 4.78 is 15.4. The van der Waals surface area contributed by atoms with Gasteiger partial charge in [0.1, 0.15) is 36.5 Å². The third kappa shape index (κ3) is 6.82. The van der Waals surface area contributed by atoms with Crippen molar-refractivity contribution in [2.24, 2.45) is 10.6 Å². The maximum absolute atomic E-state index is 13.2. The number of aromatic nitrogens is 1. The Morgan fingerprint density at radius 2 is 1.93 bits per heavy atom. The van der Waals surface area contributed by atoms with Gasteiger partial charge in [0.05, 0.1) is 5.41 Å². The van der Waals surface area contributed by atoms with Crippen molar-refractivity contribution >= 4 is 63.8 Å². The molecule has 3 heterocycles. The number of nitrogen functional groups attached to an aromatic ring is 1. The van der Waals surface area contributed by atoms with Gasteiger partial charge < -0.3 is 35.0 Å². The van der Waals surface area contributed by atoms with E-state index in [1.54, 1.807) is 20.8 Å². The van der Waals surface area contributed by atoms with Gasteiger partial charge >= 0.3 is 18.0 Å². The molecule has 40 heavy (non-hydrogen) atoms. The van der Waals surface area contributed by atoms with Crippen molar-refractivity contribution in [1.82, 2.24) is 20.1 Å². The molecule has 2 aliphatic heterocycles. The smallest absolute Gasteiger partial charge is 0.409 e. The largest absolute Gasteiger partial charge is 0.445 e. The van der Waals surface area contributed by atoms with Crippen LogP contribution in [0, 0.1) is 5.41 Å². The van der Waals surface area contributed by atoms with Crippen LogP contribution in [0.1, 0.15) is 26.5 Å². The molecular weight excluding hydrogens is 568 g/mol. The lowest BCUT2D eigenvalue weighted by Gasteiger charge is -2.49. The van der Waals surface area contributed by atoms with Crippen LogP contribution in [0.15, 0.2) is 21.8 Å². The first-order valence-corrected chi connectivity index (χ1v) is 13.7. The van der Waals surface area contributed by atoms with Gasteiger partial charge in [0.2, 0.25) is 6.79 Å². The van der Waals surface area contributed by atoms with Crippen LogP contribution in [0.25, 0.3) is 0 Å². The van der Waals surface area contributed by atoms with Crippen molar-refractivity contribution in [2.75, 3.05) is 46.1 Å². The SMILES string of the molecule is CON=C(C(=O)NC1C(=O)N2C(C(=O)OCOC(=O)C(C)(C)C)=C(COC(=O)N(C)C)CS[C@@H]12)c1csc(N)n1. The first-order chi connectivity index (χ1) is 18.8. The summed E-state index contributed by atoms with van der Waals surface area (Å²) in [5.74, 6) is -2.73. The predicted octanol–water partition coefficient (Wildman–Crippen LogP) is 0.518. The molecule has 0 aliphatic carbocycles. The minimum atomic E-state index is -1.03. The second-order valence-corrected chi connectivity index (χ2v) is 11.7. The Morgan fingerprint density at radius 3 is 2.50 bits per heavy atom. The van der Waals surface area contributed by atoms with Crippen LogP contribution < -0.4 is 11.1 Å². The zero-order chi connectivity index (χ0) is 29.8. The van der Waals surface area contributed by atoms with Gasteiger partial charge in [0.15, 0.2) is 10.8 Å². The van der Waals surface area contributed by atoms with Gasteiger partial charge in [-0.2, -0.15) is 0 Å². The second-order valence-electron chi connectivity index (χ2n) is 9.69. The van der Waals surface area contributed by atoms with E-state index in [2.05, 4.69) is 15.5 Å². The standard InChI is InChI=1S/C23H30N6O9S2/c1-23(2,3)20(33)38-10-37-19(32)15-11(7-36-22(34)28(4)5)8-39-18-14(17(31)29(15)18)26-16(30)13(27-35-6)12-9-40-21(24)25-12/h9,14,18H,7-8,10H2,1-6H3,(H2,24,25)(H,26,30)/t14?,18-/m0/s1. The van der Waals surface area contributed by atoms with Crippen LogP contribution in [0.3, 0.4) is 0 Å². The zero-order valence-electron chi connectivity index (χ0n) is 22.7. The number of oxime groups is 1. The van der Waals surface area contributed by atoms with E-state index in [0.29, 0.717) is 5.57 Å². The molecule has 2 aliphatic rings. The molecule has 1 unspecified atom stereocenters. The summed E-state index contributed by atoms with van der Waals surface area (Å²) >= 11 is 2.34. The summed E-state index contributed by atoms with van der Waals surface area (Å²) in [6, 6.07) is -1.03. The summed E-state index contributed by atoms with van der Waals surface area (Å²) in [7, 11) is 4.24. The Kier molecular flexibility index (Phi) is 9.62. The fourth-order valence-electron chi connectivity index (χ4n) is 3.38. The van der Waals surface area contributed by atoms with E-state index < -0.39 is 53.5 Å². The van der Waals surface area contributed by atoms with E-state index in [1.807, 2.05) is 0 Å². The predicted molar refractivity (Wildman–Crippen MR) is 144 cm³/mol. The molecule has 0 spiro atoms. The van der Waals surface area contributed by atoms with Crippen LogP contribution in [0.5, 0.6) is 0 Å². The van der Waals surface area contributed by atoms with Gasteiger partial charge in [0.25, 0.3) is 11.8 Å². The summed E-state index contributed by atoms with van der Waals surface area (Å²) in [5, 5.41) is 7.35. The van der Waals surface area contributed by atoms with Crippen molar-refractivity contribution in [3.05, 3.63) is 22.3 Å². The third-order valence-corrected chi connectivity index (χ3v) is 7.43. The number of carbonyl (C=O) groups is 5. The molecule has 218 valence electrons. The number of anilines is 1. The molecule has 1 aromatic heterocycles. The molecular formula is C23H30N6O9S2. The molecule has 3 rings (SSSR count). The lowest BCUT2D eigenvalue weighted by atomic mass is 9.98. The Hall–Kier alpha value is -3.86. The highest BCUT2D eigenvalue weighted by Gasteiger charge is 2.55. The number of esters is 2. The van der Waals surface area contributed by atoms with E-state index in [0.717, 1.165) is 16.2 Å². The molecule has 0 radical (unpaired) electrons. The molecule has 1 saturated heterocycles. The van der Waals surface area contributed by atoms with Gasteiger partial charge in [-0.05, 0) is 20.8 Å². The number of nitrogens with one attached hydrogen (secondary N) is 1. The van der Waals surface area contributed by atoms with Crippen LogP contribution >= 0.6 is 23.1 Å². The number of fused-ring (bicyclic) bond motifs is 1. The molecule has 0 bridgehead atoms. The maximum atomic E-state index is 13.2. The molecule has 17 heteroatoms. The second kappa shape index (κ2) is 12.5. The average Bonchev–Trinajstić information content (AvgIpc) is 3.32. The average molecular weight is 599 g/mol. The van der Waals surface area contributed by atoms with Crippen LogP contribution in [-0.2, 0) is 38.2 Å². The van der Waals surface area contributed by atoms with Crippen molar-refractivity contribution in [1.29, 1.82) is 0 Å². The van der Waals surface area contributed by atoms with Gasteiger partial charge in [0, 0.05) is 30.8 Å². The summed E-state index contributed by atoms with van der Waals surface area (Å²) in [6.07, 6.45) is -0.654. The lowest BCUT2D eigenvalue weighted by molar-refractivity contribution is -0.173. The number of amides is 3. The molecule has 2 atom stereocenters. The van der Waals surface area contributed by atoms with Crippen LogP contribution in [0.4, 0.5) is 9.93 Å². The number of hydrogen-bond donors (Lipinski definition) is 2. The number of hydrogen-bond acceptors (Lipinski definition) is 14. The molecule has 1 fully saturated rings. The van der Waals surface area contributed by atoms with E-state index >= 15 is 0 Å². The molecule has 3 N–H and O–H groups in total. The number of nitrogens with zero attached hydrogens (tertiary/aromatic N) is 4. The highest BCUT2D eigenvalue weighted by Crippen LogP contribution is 2.41. The number of thioether (sulfide) groups is 1. The zero-order valence-corrected chi connectivity index (χ0v) is 24.3. The Labute approximate surface area is 238 Å². The Bertz CT molecular complexity index is 1250. The summed E-state index contributed by atoms with van der Waals surface area (Å²) in [6.45, 7) is 3.94. The van der Waals surface area contributed by atoms with E-state index in [1.165, 1.54) is 43.2 Å². The highest BCUT2D eigenvalue weighted by atomic mass is 32.2. The number of nitrogens with two attached hydrogens (primary N) is 1. The fourth-order valence-corrected chi connectivity index (χ4v) is 5.26. The van der Waals surface area contributed by atoms with E-state index in [9.17, 15) is 24.0 Å².